The molecule has 0 bridgehead atoms. The minimum absolute atomic E-state index is 0.0441. The second-order valence-corrected chi connectivity index (χ2v) is 7.53. The van der Waals surface area contributed by atoms with Crippen LogP contribution >= 0.6 is 11.6 Å². The molecule has 0 unspecified atom stereocenters. The van der Waals surface area contributed by atoms with Gasteiger partial charge in [0.2, 0.25) is 0 Å². The Labute approximate surface area is 186 Å². The predicted molar refractivity (Wildman–Crippen MR) is 119 cm³/mol. The molecular formula is C23H26ClNO6. The number of rotatable bonds is 9. The van der Waals surface area contributed by atoms with Crippen LogP contribution in [0.15, 0.2) is 36.0 Å². The van der Waals surface area contributed by atoms with Gasteiger partial charge in [0.1, 0.15) is 11.4 Å². The third kappa shape index (κ3) is 6.93. The molecule has 31 heavy (non-hydrogen) atoms. The fourth-order valence-corrected chi connectivity index (χ4v) is 2.88. The van der Waals surface area contributed by atoms with E-state index in [-0.39, 0.29) is 18.4 Å². The topological polar surface area (TPSA) is 94.1 Å². The van der Waals surface area contributed by atoms with Crippen LogP contribution in [-0.4, -0.2) is 36.8 Å². The highest BCUT2D eigenvalue weighted by Crippen LogP contribution is 2.30. The quantitative estimate of drug-likeness (QED) is 0.554. The van der Waals surface area contributed by atoms with Gasteiger partial charge in [-0.2, -0.15) is 0 Å². The lowest BCUT2D eigenvalue weighted by Gasteiger charge is -2.14. The van der Waals surface area contributed by atoms with Crippen molar-refractivity contribution in [2.24, 2.45) is 0 Å². The maximum absolute atomic E-state index is 12.2. The second-order valence-electron chi connectivity index (χ2n) is 7.15. The van der Waals surface area contributed by atoms with Gasteiger partial charge in [0.05, 0.1) is 13.2 Å². The van der Waals surface area contributed by atoms with Gasteiger partial charge in [-0.25, -0.2) is 4.79 Å². The molecule has 0 radical (unpaired) electrons. The third-order valence-electron chi connectivity index (χ3n) is 4.15. The number of amides is 1. The number of ether oxygens (including phenoxy) is 3. The van der Waals surface area contributed by atoms with Gasteiger partial charge in [-0.15, -0.1) is 0 Å². The maximum atomic E-state index is 12.2. The smallest absolute Gasteiger partial charge is 0.352 e. The van der Waals surface area contributed by atoms with Crippen LogP contribution in [0.25, 0.3) is 6.08 Å². The molecule has 0 atom stereocenters. The molecule has 0 saturated heterocycles. The molecule has 0 aliphatic heterocycles. The van der Waals surface area contributed by atoms with E-state index in [1.165, 1.54) is 13.2 Å². The van der Waals surface area contributed by atoms with E-state index in [4.69, 9.17) is 25.8 Å². The van der Waals surface area contributed by atoms with E-state index in [0.29, 0.717) is 27.8 Å². The summed E-state index contributed by atoms with van der Waals surface area (Å²) in [5.41, 5.74) is 1.87. The highest BCUT2D eigenvalue weighted by Gasteiger charge is 2.14. The Morgan fingerprint density at radius 1 is 1.13 bits per heavy atom. The first-order valence-corrected chi connectivity index (χ1v) is 9.97. The summed E-state index contributed by atoms with van der Waals surface area (Å²) in [5.74, 6) is -0.424. The van der Waals surface area contributed by atoms with E-state index in [1.807, 2.05) is 27.7 Å². The zero-order chi connectivity index (χ0) is 23.1. The van der Waals surface area contributed by atoms with Crippen LogP contribution in [0.4, 0.5) is 0 Å². The van der Waals surface area contributed by atoms with Crippen molar-refractivity contribution in [3.05, 3.63) is 57.7 Å². The van der Waals surface area contributed by atoms with Crippen molar-refractivity contribution in [2.75, 3.05) is 13.7 Å². The van der Waals surface area contributed by atoms with E-state index in [0.717, 1.165) is 11.1 Å². The van der Waals surface area contributed by atoms with Crippen molar-refractivity contribution in [2.45, 2.75) is 33.8 Å². The molecule has 0 spiro atoms. The molecular weight excluding hydrogens is 422 g/mol. The summed E-state index contributed by atoms with van der Waals surface area (Å²) in [7, 11) is 1.49. The van der Waals surface area contributed by atoms with Gasteiger partial charge in [-0.1, -0.05) is 17.7 Å². The monoisotopic (exact) mass is 447 g/mol. The Kier molecular flexibility index (Phi) is 8.33. The standard InChI is InChI=1S/C23H26ClNO6/c1-13(2)31-19-7-6-16(11-20(19)29-5)10-18(23(27)28)25-21(26)12-30-17-8-14(3)22(24)15(4)9-17/h6-11,13H,12H2,1-5H3,(H,25,26)(H,27,28)/b18-10+. The lowest BCUT2D eigenvalue weighted by atomic mass is 10.1. The molecule has 166 valence electrons. The number of benzene rings is 2. The Hall–Kier alpha value is -3.19. The lowest BCUT2D eigenvalue weighted by molar-refractivity contribution is -0.134. The van der Waals surface area contributed by atoms with Crippen molar-refractivity contribution < 1.29 is 28.9 Å². The Balaban J connectivity index is 2.12. The van der Waals surface area contributed by atoms with Gasteiger partial charge in [0.25, 0.3) is 5.91 Å². The normalized spacial score (nSPS) is 11.3. The van der Waals surface area contributed by atoms with Crippen molar-refractivity contribution in [1.29, 1.82) is 0 Å². The van der Waals surface area contributed by atoms with E-state index in [1.54, 1.807) is 30.3 Å². The summed E-state index contributed by atoms with van der Waals surface area (Å²) in [6.45, 7) is 7.09. The van der Waals surface area contributed by atoms with Crippen molar-refractivity contribution in [3.63, 3.8) is 0 Å². The summed E-state index contributed by atoms with van der Waals surface area (Å²) in [5, 5.41) is 12.5. The second kappa shape index (κ2) is 10.7. The summed E-state index contributed by atoms with van der Waals surface area (Å²) in [6.07, 6.45) is 1.29. The van der Waals surface area contributed by atoms with E-state index >= 15 is 0 Å². The molecule has 2 rings (SSSR count). The molecule has 0 aliphatic carbocycles. The van der Waals surface area contributed by atoms with Crippen LogP contribution in [-0.2, 0) is 9.59 Å². The number of aliphatic carboxylic acids is 1. The Morgan fingerprint density at radius 3 is 2.32 bits per heavy atom. The van der Waals surface area contributed by atoms with Crippen LogP contribution in [0.5, 0.6) is 17.2 Å². The first-order valence-electron chi connectivity index (χ1n) is 9.59. The van der Waals surface area contributed by atoms with Gasteiger partial charge in [0.15, 0.2) is 18.1 Å². The van der Waals surface area contributed by atoms with E-state index < -0.39 is 11.9 Å². The molecule has 2 aromatic rings. The number of carbonyl (C=O) groups excluding carboxylic acids is 1. The van der Waals surface area contributed by atoms with Crippen LogP contribution in [0, 0.1) is 13.8 Å². The van der Waals surface area contributed by atoms with Crippen LogP contribution in [0.3, 0.4) is 0 Å². The molecule has 0 saturated carbocycles. The fraction of sp³-hybridized carbons (Fsp3) is 0.304. The number of aryl methyl sites for hydroxylation is 2. The molecule has 0 fully saturated rings. The number of nitrogens with one attached hydrogen (secondary N) is 1. The number of hydrogen-bond donors (Lipinski definition) is 2. The molecule has 8 heteroatoms. The molecule has 2 aromatic carbocycles. The molecule has 1 amide bonds. The maximum Gasteiger partial charge on any atom is 0.352 e. The zero-order valence-corrected chi connectivity index (χ0v) is 18.9. The van der Waals surface area contributed by atoms with Crippen LogP contribution in [0.1, 0.15) is 30.5 Å². The highest BCUT2D eigenvalue weighted by atomic mass is 35.5. The summed E-state index contributed by atoms with van der Waals surface area (Å²) < 4.78 is 16.4. The molecule has 7 nitrogen and oxygen atoms in total. The lowest BCUT2D eigenvalue weighted by Crippen LogP contribution is -2.31. The number of hydrogen-bond acceptors (Lipinski definition) is 5. The summed E-state index contributed by atoms with van der Waals surface area (Å²) in [4.78, 5) is 23.9. The first-order chi connectivity index (χ1) is 14.6. The minimum Gasteiger partial charge on any atom is -0.493 e. The molecule has 2 N–H and O–H groups in total. The predicted octanol–water partition coefficient (Wildman–Crippen LogP) is 4.37. The van der Waals surface area contributed by atoms with Crippen LogP contribution < -0.4 is 19.5 Å². The Bertz CT molecular complexity index is 977. The van der Waals surface area contributed by atoms with Gasteiger partial charge in [-0.05, 0) is 74.7 Å². The number of halogens is 1. The molecule has 0 heterocycles. The summed E-state index contributed by atoms with van der Waals surface area (Å²) >= 11 is 6.12. The highest BCUT2D eigenvalue weighted by molar-refractivity contribution is 6.32. The number of carboxylic acids is 1. The molecule has 0 aliphatic rings. The average Bonchev–Trinajstić information content (AvgIpc) is 2.70. The number of carboxylic acid groups (broad SMARTS) is 1. The zero-order valence-electron chi connectivity index (χ0n) is 18.1. The van der Waals surface area contributed by atoms with E-state index in [2.05, 4.69) is 5.32 Å². The molecule has 0 aromatic heterocycles. The van der Waals surface area contributed by atoms with Gasteiger partial charge in [0, 0.05) is 5.02 Å². The Morgan fingerprint density at radius 2 is 1.77 bits per heavy atom. The van der Waals surface area contributed by atoms with E-state index in [9.17, 15) is 14.7 Å². The third-order valence-corrected chi connectivity index (χ3v) is 4.74. The van der Waals surface area contributed by atoms with Gasteiger partial charge in [-0.3, -0.25) is 4.79 Å². The largest absolute Gasteiger partial charge is 0.493 e. The number of methoxy groups -OCH3 is 1. The van der Waals surface area contributed by atoms with Crippen molar-refractivity contribution >= 4 is 29.6 Å². The van der Waals surface area contributed by atoms with Gasteiger partial charge >= 0.3 is 5.97 Å². The fourth-order valence-electron chi connectivity index (χ4n) is 2.77. The van der Waals surface area contributed by atoms with Crippen molar-refractivity contribution in [1.82, 2.24) is 5.32 Å². The minimum atomic E-state index is -1.28. The van der Waals surface area contributed by atoms with Gasteiger partial charge < -0.3 is 24.6 Å². The SMILES string of the molecule is COc1cc(/C=C(/NC(=O)COc2cc(C)c(Cl)c(C)c2)C(=O)O)ccc1OC(C)C. The first kappa shape index (κ1) is 24.1. The van der Waals surface area contributed by atoms with Crippen molar-refractivity contribution in [3.8, 4) is 17.2 Å². The average molecular weight is 448 g/mol. The summed E-state index contributed by atoms with van der Waals surface area (Å²) in [6, 6.07) is 8.40. The van der Waals surface area contributed by atoms with Crippen LogP contribution in [0.2, 0.25) is 5.02 Å². The number of carbonyl (C=O) groups is 2.